The van der Waals surface area contributed by atoms with Gasteiger partial charge in [0.1, 0.15) is 0 Å². The number of pyridine rings is 3. The monoisotopic (exact) mass is 437 g/mol. The standard InChI is InChI=1S/C31H23N3/c1-5-18-31(19-6-1,26-15-8-12-23-11-2-3-13-24(23)26)27-16-10-22-34-30(27)29-25(14-9-21-33-29)28-17-4-7-20-32-28/h1-18,20-22H,19H2. The van der Waals surface area contributed by atoms with Gasteiger partial charge in [-0.05, 0) is 58.7 Å². The molecule has 2 aromatic carbocycles. The highest BCUT2D eigenvalue weighted by Crippen LogP contribution is 2.46. The predicted octanol–water partition coefficient (Wildman–Crippen LogP) is 7.16. The molecular formula is C31H23N3. The van der Waals surface area contributed by atoms with Crippen molar-refractivity contribution in [1.29, 1.82) is 0 Å². The fraction of sp³-hybridized carbons (Fsp3) is 0.0645. The summed E-state index contributed by atoms with van der Waals surface area (Å²) < 4.78 is 0. The van der Waals surface area contributed by atoms with Crippen LogP contribution in [0.3, 0.4) is 0 Å². The van der Waals surface area contributed by atoms with Crippen molar-refractivity contribution in [2.45, 2.75) is 11.8 Å². The third-order valence-electron chi connectivity index (χ3n) is 6.60. The van der Waals surface area contributed by atoms with E-state index in [1.807, 2.05) is 48.9 Å². The third kappa shape index (κ3) is 3.34. The first kappa shape index (κ1) is 20.3. The number of aromatic nitrogens is 3. The van der Waals surface area contributed by atoms with Crippen LogP contribution >= 0.6 is 0 Å². The van der Waals surface area contributed by atoms with E-state index < -0.39 is 0 Å². The first-order valence-electron chi connectivity index (χ1n) is 11.5. The Labute approximate surface area is 199 Å². The van der Waals surface area contributed by atoms with Gasteiger partial charge in [-0.1, -0.05) is 78.9 Å². The van der Waals surface area contributed by atoms with E-state index in [1.165, 1.54) is 16.3 Å². The van der Waals surface area contributed by atoms with Crippen molar-refractivity contribution in [3.8, 4) is 22.6 Å². The minimum absolute atomic E-state index is 0.363. The fourth-order valence-corrected chi connectivity index (χ4v) is 5.06. The molecule has 3 nitrogen and oxygen atoms in total. The molecule has 0 N–H and O–H groups in total. The van der Waals surface area contributed by atoms with Crippen LogP contribution in [0.25, 0.3) is 33.4 Å². The van der Waals surface area contributed by atoms with Crippen LogP contribution in [0.15, 0.2) is 128 Å². The highest BCUT2D eigenvalue weighted by Gasteiger charge is 2.36. The Bertz CT molecular complexity index is 1530. The average molecular weight is 438 g/mol. The molecular weight excluding hydrogens is 414 g/mol. The van der Waals surface area contributed by atoms with Gasteiger partial charge in [-0.2, -0.15) is 0 Å². The largest absolute Gasteiger partial charge is 0.256 e. The maximum atomic E-state index is 4.91. The number of fused-ring (bicyclic) bond motifs is 1. The molecule has 0 bridgehead atoms. The van der Waals surface area contributed by atoms with Gasteiger partial charge in [-0.15, -0.1) is 0 Å². The van der Waals surface area contributed by atoms with Crippen LogP contribution in [-0.2, 0) is 5.41 Å². The number of rotatable bonds is 4. The number of allylic oxidation sites excluding steroid dienone is 4. The van der Waals surface area contributed by atoms with Crippen LogP contribution in [0, 0.1) is 0 Å². The van der Waals surface area contributed by atoms with Crippen LogP contribution < -0.4 is 0 Å². The van der Waals surface area contributed by atoms with E-state index in [2.05, 4.69) is 83.9 Å². The van der Waals surface area contributed by atoms with E-state index in [9.17, 15) is 0 Å². The van der Waals surface area contributed by atoms with Crippen molar-refractivity contribution in [3.05, 3.63) is 139 Å². The van der Waals surface area contributed by atoms with Gasteiger partial charge >= 0.3 is 0 Å². The fourth-order valence-electron chi connectivity index (χ4n) is 5.06. The van der Waals surface area contributed by atoms with Crippen molar-refractivity contribution >= 4 is 10.8 Å². The molecule has 0 saturated heterocycles. The quantitative estimate of drug-likeness (QED) is 0.299. The van der Waals surface area contributed by atoms with Crippen molar-refractivity contribution < 1.29 is 0 Å². The lowest BCUT2D eigenvalue weighted by atomic mass is 9.68. The van der Waals surface area contributed by atoms with E-state index in [4.69, 9.17) is 9.97 Å². The highest BCUT2D eigenvalue weighted by atomic mass is 14.8. The lowest BCUT2D eigenvalue weighted by Gasteiger charge is -2.35. The number of nitrogens with zero attached hydrogens (tertiary/aromatic N) is 3. The van der Waals surface area contributed by atoms with Crippen molar-refractivity contribution in [1.82, 2.24) is 15.0 Å². The maximum absolute atomic E-state index is 4.91. The zero-order chi connectivity index (χ0) is 22.8. The summed E-state index contributed by atoms with van der Waals surface area (Å²) in [4.78, 5) is 14.3. The molecule has 1 aliphatic rings. The number of benzene rings is 2. The van der Waals surface area contributed by atoms with Crippen molar-refractivity contribution in [2.24, 2.45) is 0 Å². The van der Waals surface area contributed by atoms with E-state index in [-0.39, 0.29) is 5.41 Å². The Morgan fingerprint density at radius 2 is 1.35 bits per heavy atom. The Morgan fingerprint density at radius 3 is 2.21 bits per heavy atom. The average Bonchev–Trinajstić information content (AvgIpc) is 2.93. The summed E-state index contributed by atoms with van der Waals surface area (Å²) in [5, 5.41) is 2.49. The Morgan fingerprint density at radius 1 is 0.588 bits per heavy atom. The van der Waals surface area contributed by atoms with E-state index >= 15 is 0 Å². The molecule has 0 radical (unpaired) electrons. The minimum Gasteiger partial charge on any atom is -0.256 e. The zero-order valence-electron chi connectivity index (χ0n) is 18.7. The lowest BCUT2D eigenvalue weighted by Crippen LogP contribution is -2.27. The van der Waals surface area contributed by atoms with Crippen molar-refractivity contribution in [3.63, 3.8) is 0 Å². The summed E-state index contributed by atoms with van der Waals surface area (Å²) >= 11 is 0. The molecule has 162 valence electrons. The Hall–Kier alpha value is -4.37. The first-order valence-corrected chi connectivity index (χ1v) is 11.5. The van der Waals surface area contributed by atoms with Gasteiger partial charge in [-0.3, -0.25) is 15.0 Å². The summed E-state index contributed by atoms with van der Waals surface area (Å²) in [7, 11) is 0. The molecule has 1 atom stereocenters. The smallest absolute Gasteiger partial charge is 0.0983 e. The molecule has 0 saturated carbocycles. The van der Waals surface area contributed by atoms with E-state index in [1.54, 1.807) is 0 Å². The van der Waals surface area contributed by atoms with Gasteiger partial charge in [0.2, 0.25) is 0 Å². The molecule has 6 rings (SSSR count). The van der Waals surface area contributed by atoms with Crippen LogP contribution in [0.5, 0.6) is 0 Å². The topological polar surface area (TPSA) is 38.7 Å². The van der Waals surface area contributed by atoms with Gasteiger partial charge in [0.05, 0.1) is 17.1 Å². The van der Waals surface area contributed by atoms with Gasteiger partial charge in [-0.25, -0.2) is 0 Å². The second kappa shape index (κ2) is 8.53. The van der Waals surface area contributed by atoms with Gasteiger partial charge in [0, 0.05) is 29.6 Å². The SMILES string of the molecule is C1=CCC(c2cccnc2-c2ncccc2-c2ccccn2)(c2cccc3ccccc23)C=C1. The van der Waals surface area contributed by atoms with E-state index in [0.29, 0.717) is 0 Å². The zero-order valence-corrected chi connectivity index (χ0v) is 18.7. The van der Waals surface area contributed by atoms with Crippen molar-refractivity contribution in [2.75, 3.05) is 0 Å². The second-order valence-corrected chi connectivity index (χ2v) is 8.50. The summed E-state index contributed by atoms with van der Waals surface area (Å²) in [5.74, 6) is 0. The Balaban J connectivity index is 1.64. The Kier molecular flexibility index (Phi) is 5.08. The molecule has 34 heavy (non-hydrogen) atoms. The summed E-state index contributed by atoms with van der Waals surface area (Å²) in [5.41, 5.74) is 5.65. The molecule has 0 aliphatic heterocycles. The maximum Gasteiger partial charge on any atom is 0.0983 e. The molecule has 0 spiro atoms. The van der Waals surface area contributed by atoms with Crippen LogP contribution in [0.2, 0.25) is 0 Å². The molecule has 1 unspecified atom stereocenters. The molecule has 3 aromatic heterocycles. The van der Waals surface area contributed by atoms with Crippen LogP contribution in [0.4, 0.5) is 0 Å². The normalized spacial score (nSPS) is 17.2. The molecule has 0 amide bonds. The third-order valence-corrected chi connectivity index (χ3v) is 6.60. The first-order chi connectivity index (χ1) is 16.9. The van der Waals surface area contributed by atoms with Gasteiger partial charge in [0.15, 0.2) is 0 Å². The van der Waals surface area contributed by atoms with Crippen LogP contribution in [0.1, 0.15) is 17.5 Å². The molecule has 3 heteroatoms. The van der Waals surface area contributed by atoms with Crippen LogP contribution in [-0.4, -0.2) is 15.0 Å². The van der Waals surface area contributed by atoms with Gasteiger partial charge < -0.3 is 0 Å². The minimum atomic E-state index is -0.363. The summed E-state index contributed by atoms with van der Waals surface area (Å²) in [6.45, 7) is 0. The molecule has 0 fully saturated rings. The predicted molar refractivity (Wildman–Crippen MR) is 138 cm³/mol. The summed E-state index contributed by atoms with van der Waals surface area (Å²) in [6.07, 6.45) is 15.2. The molecule has 3 heterocycles. The van der Waals surface area contributed by atoms with Gasteiger partial charge in [0.25, 0.3) is 0 Å². The number of hydrogen-bond acceptors (Lipinski definition) is 3. The summed E-state index contributed by atoms with van der Waals surface area (Å²) in [6, 6.07) is 29.4. The second-order valence-electron chi connectivity index (χ2n) is 8.50. The van der Waals surface area contributed by atoms with E-state index in [0.717, 1.165) is 34.6 Å². The molecule has 5 aromatic rings. The number of hydrogen-bond donors (Lipinski definition) is 0. The molecule has 1 aliphatic carbocycles. The lowest BCUT2D eigenvalue weighted by molar-refractivity contribution is 0.652. The highest BCUT2D eigenvalue weighted by molar-refractivity contribution is 5.89.